The Morgan fingerprint density at radius 2 is 2.00 bits per heavy atom. The number of halogens is 1. The highest BCUT2D eigenvalue weighted by atomic mass is 35.5. The first kappa shape index (κ1) is 16.0. The molecule has 0 aromatic heterocycles. The fourth-order valence-corrected chi connectivity index (χ4v) is 2.53. The van der Waals surface area contributed by atoms with Gasteiger partial charge in [0.1, 0.15) is 6.04 Å². The predicted molar refractivity (Wildman–Crippen MR) is 80.2 cm³/mol. The Labute approximate surface area is 121 Å². The van der Waals surface area contributed by atoms with Crippen LogP contribution in [0.3, 0.4) is 0 Å². The number of nitrogens with one attached hydrogen (secondary N) is 1. The van der Waals surface area contributed by atoms with Crippen molar-refractivity contribution in [2.45, 2.75) is 38.6 Å². The summed E-state index contributed by atoms with van der Waals surface area (Å²) in [4.78, 5) is 12.0. The molecule has 3 nitrogen and oxygen atoms in total. The van der Waals surface area contributed by atoms with Gasteiger partial charge in [0, 0.05) is 6.54 Å². The van der Waals surface area contributed by atoms with Gasteiger partial charge in [-0.3, -0.25) is 4.79 Å². The summed E-state index contributed by atoms with van der Waals surface area (Å²) in [6.07, 6.45) is 4.87. The smallest absolute Gasteiger partial charge is 0.241 e. The molecule has 1 fully saturated rings. The van der Waals surface area contributed by atoms with Gasteiger partial charge in [-0.15, -0.1) is 12.4 Å². The number of carbonyl (C=O) groups is 1. The molecule has 106 valence electrons. The maximum atomic E-state index is 12.0. The fourth-order valence-electron chi connectivity index (χ4n) is 2.53. The van der Waals surface area contributed by atoms with Gasteiger partial charge in [0.2, 0.25) is 5.91 Å². The lowest BCUT2D eigenvalue weighted by Gasteiger charge is -2.41. The third-order valence-corrected chi connectivity index (χ3v) is 4.24. The first-order valence-electron chi connectivity index (χ1n) is 6.75. The maximum Gasteiger partial charge on any atom is 0.241 e. The number of hydrogen-bond donors (Lipinski definition) is 2. The molecule has 4 heteroatoms. The zero-order valence-electron chi connectivity index (χ0n) is 11.4. The minimum Gasteiger partial charge on any atom is -0.354 e. The summed E-state index contributed by atoms with van der Waals surface area (Å²) in [7, 11) is 0. The van der Waals surface area contributed by atoms with Gasteiger partial charge in [0.15, 0.2) is 0 Å². The Bertz CT molecular complexity index is 398. The summed E-state index contributed by atoms with van der Waals surface area (Å²) < 4.78 is 0. The Hall–Kier alpha value is -1.06. The van der Waals surface area contributed by atoms with Crippen LogP contribution in [-0.2, 0) is 4.79 Å². The minimum atomic E-state index is -0.555. The van der Waals surface area contributed by atoms with Crippen molar-refractivity contribution in [3.8, 4) is 0 Å². The number of benzene rings is 1. The molecular formula is C15H23ClN2O. The van der Waals surface area contributed by atoms with E-state index < -0.39 is 6.04 Å². The predicted octanol–water partition coefficient (Wildman–Crippen LogP) is 2.80. The molecule has 2 rings (SSSR count). The van der Waals surface area contributed by atoms with Crippen molar-refractivity contribution in [2.75, 3.05) is 6.54 Å². The van der Waals surface area contributed by atoms with Gasteiger partial charge in [0.05, 0.1) is 0 Å². The largest absolute Gasteiger partial charge is 0.354 e. The number of carbonyl (C=O) groups excluding carboxylic acids is 1. The molecule has 0 spiro atoms. The number of rotatable bonds is 5. The van der Waals surface area contributed by atoms with E-state index in [-0.39, 0.29) is 18.3 Å². The van der Waals surface area contributed by atoms with E-state index in [1.165, 1.54) is 19.3 Å². The lowest BCUT2D eigenvalue weighted by Crippen LogP contribution is -2.44. The molecule has 1 aliphatic rings. The monoisotopic (exact) mass is 282 g/mol. The third kappa shape index (κ3) is 3.71. The summed E-state index contributed by atoms with van der Waals surface area (Å²) >= 11 is 0. The van der Waals surface area contributed by atoms with Gasteiger partial charge >= 0.3 is 0 Å². The van der Waals surface area contributed by atoms with Crippen LogP contribution in [0.15, 0.2) is 30.3 Å². The fraction of sp³-hybridized carbons (Fsp3) is 0.533. The van der Waals surface area contributed by atoms with Gasteiger partial charge in [-0.2, -0.15) is 0 Å². The van der Waals surface area contributed by atoms with Crippen LogP contribution in [0.1, 0.15) is 44.2 Å². The van der Waals surface area contributed by atoms with Gasteiger partial charge in [0.25, 0.3) is 0 Å². The van der Waals surface area contributed by atoms with Crippen LogP contribution in [0.4, 0.5) is 0 Å². The van der Waals surface area contributed by atoms with E-state index in [4.69, 9.17) is 5.73 Å². The first-order valence-corrected chi connectivity index (χ1v) is 6.75. The summed E-state index contributed by atoms with van der Waals surface area (Å²) in [6.45, 7) is 2.96. The van der Waals surface area contributed by atoms with E-state index in [9.17, 15) is 4.79 Å². The molecule has 1 aromatic carbocycles. The van der Waals surface area contributed by atoms with Crippen molar-refractivity contribution in [2.24, 2.45) is 11.1 Å². The van der Waals surface area contributed by atoms with Crippen LogP contribution < -0.4 is 11.1 Å². The number of hydrogen-bond acceptors (Lipinski definition) is 2. The molecule has 3 N–H and O–H groups in total. The lowest BCUT2D eigenvalue weighted by atomic mass is 9.67. The topological polar surface area (TPSA) is 55.1 Å². The SMILES string of the molecule is CCC1(CNC(=O)C(N)c2ccccc2)CCC1.Cl. The molecule has 1 aromatic rings. The van der Waals surface area contributed by atoms with Crippen molar-refractivity contribution in [1.82, 2.24) is 5.32 Å². The van der Waals surface area contributed by atoms with E-state index in [2.05, 4.69) is 12.2 Å². The van der Waals surface area contributed by atoms with Gasteiger partial charge < -0.3 is 11.1 Å². The van der Waals surface area contributed by atoms with Gasteiger partial charge in [-0.05, 0) is 30.2 Å². The Morgan fingerprint density at radius 3 is 2.47 bits per heavy atom. The second kappa shape index (κ2) is 6.92. The average molecular weight is 283 g/mol. The van der Waals surface area contributed by atoms with Crippen molar-refractivity contribution in [1.29, 1.82) is 0 Å². The maximum absolute atomic E-state index is 12.0. The van der Waals surface area contributed by atoms with Crippen molar-refractivity contribution in [3.63, 3.8) is 0 Å². The molecule has 19 heavy (non-hydrogen) atoms. The second-order valence-corrected chi connectivity index (χ2v) is 5.31. The molecule has 1 saturated carbocycles. The molecule has 0 radical (unpaired) electrons. The first-order chi connectivity index (χ1) is 8.67. The van der Waals surface area contributed by atoms with Crippen molar-refractivity contribution >= 4 is 18.3 Å². The van der Waals surface area contributed by atoms with Crippen LogP contribution in [0.2, 0.25) is 0 Å². The van der Waals surface area contributed by atoms with E-state index in [1.54, 1.807) is 0 Å². The minimum absolute atomic E-state index is 0. The number of amides is 1. The van der Waals surface area contributed by atoms with E-state index in [0.29, 0.717) is 5.41 Å². The van der Waals surface area contributed by atoms with E-state index >= 15 is 0 Å². The molecule has 1 atom stereocenters. The van der Waals surface area contributed by atoms with E-state index in [1.807, 2.05) is 30.3 Å². The second-order valence-electron chi connectivity index (χ2n) is 5.31. The zero-order valence-corrected chi connectivity index (χ0v) is 12.2. The summed E-state index contributed by atoms with van der Waals surface area (Å²) in [5.74, 6) is -0.0686. The van der Waals surface area contributed by atoms with Crippen molar-refractivity contribution < 1.29 is 4.79 Å². The molecule has 0 heterocycles. The molecule has 1 aliphatic carbocycles. The summed E-state index contributed by atoms with van der Waals surface area (Å²) in [6, 6.07) is 8.96. The van der Waals surface area contributed by atoms with Crippen LogP contribution in [0.25, 0.3) is 0 Å². The molecule has 1 amide bonds. The zero-order chi connectivity index (χ0) is 13.0. The van der Waals surface area contributed by atoms with Crippen LogP contribution in [-0.4, -0.2) is 12.5 Å². The Morgan fingerprint density at radius 1 is 1.37 bits per heavy atom. The lowest BCUT2D eigenvalue weighted by molar-refractivity contribution is -0.123. The van der Waals surface area contributed by atoms with Crippen LogP contribution >= 0.6 is 12.4 Å². The molecular weight excluding hydrogens is 260 g/mol. The highest BCUT2D eigenvalue weighted by molar-refractivity contribution is 5.85. The average Bonchev–Trinajstić information content (AvgIpc) is 2.38. The summed E-state index contributed by atoms with van der Waals surface area (Å²) in [5.41, 5.74) is 7.17. The Kier molecular flexibility index (Phi) is 5.83. The normalized spacial score (nSPS) is 17.8. The number of nitrogens with two attached hydrogens (primary N) is 1. The molecule has 0 bridgehead atoms. The molecule has 1 unspecified atom stereocenters. The van der Waals surface area contributed by atoms with Gasteiger partial charge in [-0.1, -0.05) is 43.7 Å². The van der Waals surface area contributed by atoms with Crippen LogP contribution in [0.5, 0.6) is 0 Å². The summed E-state index contributed by atoms with van der Waals surface area (Å²) in [5, 5.41) is 3.01. The van der Waals surface area contributed by atoms with E-state index in [0.717, 1.165) is 18.5 Å². The quantitative estimate of drug-likeness (QED) is 0.872. The Balaban J connectivity index is 0.00000180. The van der Waals surface area contributed by atoms with Crippen molar-refractivity contribution in [3.05, 3.63) is 35.9 Å². The highest BCUT2D eigenvalue weighted by Gasteiger charge is 2.35. The molecule has 0 aliphatic heterocycles. The standard InChI is InChI=1S/C15H22N2O.ClH/c1-2-15(9-6-10-15)11-17-14(18)13(16)12-7-4-3-5-8-12;/h3-5,7-8,13H,2,6,9-11,16H2,1H3,(H,17,18);1H. The third-order valence-electron chi connectivity index (χ3n) is 4.24. The van der Waals surface area contributed by atoms with Crippen LogP contribution in [0, 0.1) is 5.41 Å². The molecule has 0 saturated heterocycles. The van der Waals surface area contributed by atoms with Gasteiger partial charge in [-0.25, -0.2) is 0 Å². The highest BCUT2D eigenvalue weighted by Crippen LogP contribution is 2.43.